The fraction of sp³-hybridized carbons (Fsp3) is 0.692. The third-order valence-electron chi connectivity index (χ3n) is 3.33. The highest BCUT2D eigenvalue weighted by molar-refractivity contribution is 7.80. The molecular formula is C13H18ClF3N4S. The van der Waals surface area contributed by atoms with E-state index in [2.05, 4.69) is 15.7 Å². The standard InChI is InChI=1S/C13H18ClF3N4S/c1-2-18-12(22)19-6-3-7-21-10(8-4-5-8)9(14)11(20-21)13(15,16)17/h8H,2-7H2,1H3,(H2,18,19,22). The molecule has 22 heavy (non-hydrogen) atoms. The molecule has 1 aromatic heterocycles. The van der Waals surface area contributed by atoms with Crippen molar-refractivity contribution in [1.82, 2.24) is 20.4 Å². The Morgan fingerprint density at radius 1 is 1.41 bits per heavy atom. The second-order valence-corrected chi connectivity index (χ2v) is 5.97. The molecule has 0 spiro atoms. The quantitative estimate of drug-likeness (QED) is 0.607. The number of rotatable bonds is 6. The number of nitrogens with one attached hydrogen (secondary N) is 2. The van der Waals surface area contributed by atoms with Crippen LogP contribution in [0.3, 0.4) is 0 Å². The molecule has 0 aliphatic heterocycles. The van der Waals surface area contributed by atoms with E-state index in [1.165, 1.54) is 4.68 Å². The fourth-order valence-corrected chi connectivity index (χ4v) is 2.85. The van der Waals surface area contributed by atoms with Crippen LogP contribution in [-0.4, -0.2) is 28.0 Å². The maximum Gasteiger partial charge on any atom is 0.436 e. The average Bonchev–Trinajstić information content (AvgIpc) is 3.18. The third-order valence-corrected chi connectivity index (χ3v) is 4.00. The molecule has 9 heteroatoms. The molecule has 0 radical (unpaired) electrons. The summed E-state index contributed by atoms with van der Waals surface area (Å²) in [5.41, 5.74) is -0.463. The van der Waals surface area contributed by atoms with Crippen LogP contribution in [0.4, 0.5) is 13.2 Å². The number of nitrogens with zero attached hydrogens (tertiary/aromatic N) is 2. The summed E-state index contributed by atoms with van der Waals surface area (Å²) in [6, 6.07) is 0. The molecule has 0 saturated heterocycles. The molecular weight excluding hydrogens is 337 g/mol. The Kier molecular flexibility index (Phi) is 5.55. The lowest BCUT2D eigenvalue weighted by Crippen LogP contribution is -2.35. The van der Waals surface area contributed by atoms with Gasteiger partial charge in [-0.1, -0.05) is 11.6 Å². The largest absolute Gasteiger partial charge is 0.436 e. The molecule has 0 bridgehead atoms. The third kappa shape index (κ3) is 4.25. The lowest BCUT2D eigenvalue weighted by atomic mass is 10.2. The molecule has 1 aromatic rings. The molecule has 0 amide bonds. The highest BCUT2D eigenvalue weighted by Crippen LogP contribution is 2.46. The van der Waals surface area contributed by atoms with Crippen molar-refractivity contribution < 1.29 is 13.2 Å². The Balaban J connectivity index is 2.00. The van der Waals surface area contributed by atoms with E-state index in [0.717, 1.165) is 19.4 Å². The van der Waals surface area contributed by atoms with E-state index < -0.39 is 11.9 Å². The number of alkyl halides is 3. The van der Waals surface area contributed by atoms with E-state index in [1.54, 1.807) is 0 Å². The van der Waals surface area contributed by atoms with Crippen molar-refractivity contribution in [3.63, 3.8) is 0 Å². The van der Waals surface area contributed by atoms with Gasteiger partial charge >= 0.3 is 6.18 Å². The van der Waals surface area contributed by atoms with Crippen molar-refractivity contribution in [2.45, 2.75) is 44.8 Å². The highest BCUT2D eigenvalue weighted by atomic mass is 35.5. The van der Waals surface area contributed by atoms with Gasteiger partial charge in [0.15, 0.2) is 10.8 Å². The predicted octanol–water partition coefficient (Wildman–Crippen LogP) is 3.31. The van der Waals surface area contributed by atoms with Crippen LogP contribution in [0.5, 0.6) is 0 Å². The first-order chi connectivity index (χ1) is 10.3. The summed E-state index contributed by atoms with van der Waals surface area (Å²) in [5, 5.41) is 9.91. The average molecular weight is 355 g/mol. The van der Waals surface area contributed by atoms with Gasteiger partial charge in [0.05, 0.1) is 10.7 Å². The van der Waals surface area contributed by atoms with Gasteiger partial charge in [0.25, 0.3) is 0 Å². The van der Waals surface area contributed by atoms with Crippen LogP contribution in [0.15, 0.2) is 0 Å². The van der Waals surface area contributed by atoms with Crippen molar-refractivity contribution >= 4 is 28.9 Å². The minimum Gasteiger partial charge on any atom is -0.363 e. The van der Waals surface area contributed by atoms with Crippen molar-refractivity contribution in [2.75, 3.05) is 13.1 Å². The summed E-state index contributed by atoms with van der Waals surface area (Å²) < 4.78 is 40.1. The molecule has 124 valence electrons. The van der Waals surface area contributed by atoms with Gasteiger partial charge in [0.1, 0.15) is 0 Å². The zero-order chi connectivity index (χ0) is 16.3. The summed E-state index contributed by atoms with van der Waals surface area (Å²) in [6.07, 6.45) is -2.17. The Morgan fingerprint density at radius 2 is 2.09 bits per heavy atom. The molecule has 0 unspecified atom stereocenters. The van der Waals surface area contributed by atoms with E-state index >= 15 is 0 Å². The molecule has 2 rings (SSSR count). The van der Waals surface area contributed by atoms with Crippen molar-refractivity contribution in [3.05, 3.63) is 16.4 Å². The van der Waals surface area contributed by atoms with Gasteiger partial charge in [-0.15, -0.1) is 0 Å². The van der Waals surface area contributed by atoms with E-state index in [-0.39, 0.29) is 10.9 Å². The van der Waals surface area contributed by atoms with Gasteiger partial charge in [0.2, 0.25) is 0 Å². The predicted molar refractivity (Wildman–Crippen MR) is 83.1 cm³/mol. The summed E-state index contributed by atoms with van der Waals surface area (Å²) in [7, 11) is 0. The Morgan fingerprint density at radius 3 is 2.64 bits per heavy atom. The summed E-state index contributed by atoms with van der Waals surface area (Å²) in [4.78, 5) is 0. The summed E-state index contributed by atoms with van der Waals surface area (Å²) in [6.45, 7) is 3.60. The normalized spacial score (nSPS) is 15.0. The smallest absolute Gasteiger partial charge is 0.363 e. The van der Waals surface area contributed by atoms with E-state index in [1.807, 2.05) is 6.92 Å². The number of hydrogen-bond donors (Lipinski definition) is 2. The van der Waals surface area contributed by atoms with E-state index in [9.17, 15) is 13.2 Å². The number of hydrogen-bond acceptors (Lipinski definition) is 2. The van der Waals surface area contributed by atoms with Crippen LogP contribution in [0.1, 0.15) is 43.5 Å². The Labute approximate surface area is 137 Å². The molecule has 4 nitrogen and oxygen atoms in total. The molecule has 0 atom stereocenters. The van der Waals surface area contributed by atoms with Crippen LogP contribution in [0, 0.1) is 0 Å². The molecule has 0 aromatic carbocycles. The number of aryl methyl sites for hydroxylation is 1. The van der Waals surface area contributed by atoms with Crippen LogP contribution in [0.2, 0.25) is 5.02 Å². The SMILES string of the molecule is CCNC(=S)NCCCn1nc(C(F)(F)F)c(Cl)c1C1CC1. The molecule has 1 heterocycles. The van der Waals surface area contributed by atoms with Crippen LogP contribution in [0.25, 0.3) is 0 Å². The van der Waals surface area contributed by atoms with Crippen LogP contribution in [-0.2, 0) is 12.7 Å². The second-order valence-electron chi connectivity index (χ2n) is 5.18. The Hall–Kier alpha value is -1.02. The zero-order valence-electron chi connectivity index (χ0n) is 12.1. The number of halogens is 4. The maximum atomic E-state index is 12.9. The van der Waals surface area contributed by atoms with Gasteiger partial charge in [-0.3, -0.25) is 4.68 Å². The van der Waals surface area contributed by atoms with E-state index in [0.29, 0.717) is 30.3 Å². The van der Waals surface area contributed by atoms with Gasteiger partial charge in [0, 0.05) is 25.6 Å². The topological polar surface area (TPSA) is 41.9 Å². The lowest BCUT2D eigenvalue weighted by Gasteiger charge is -2.10. The van der Waals surface area contributed by atoms with Crippen LogP contribution < -0.4 is 10.6 Å². The van der Waals surface area contributed by atoms with Gasteiger partial charge in [-0.25, -0.2) is 0 Å². The minimum absolute atomic E-state index is 0.104. The molecule has 1 aliphatic carbocycles. The summed E-state index contributed by atoms with van der Waals surface area (Å²) in [5.74, 6) is 0.104. The maximum absolute atomic E-state index is 12.9. The minimum atomic E-state index is -4.52. The number of thiocarbonyl (C=S) groups is 1. The van der Waals surface area contributed by atoms with Gasteiger partial charge < -0.3 is 10.6 Å². The van der Waals surface area contributed by atoms with Crippen molar-refractivity contribution in [2.24, 2.45) is 0 Å². The molecule has 2 N–H and O–H groups in total. The van der Waals surface area contributed by atoms with Gasteiger partial charge in [-0.05, 0) is 38.4 Å². The van der Waals surface area contributed by atoms with Crippen molar-refractivity contribution in [1.29, 1.82) is 0 Å². The van der Waals surface area contributed by atoms with Crippen molar-refractivity contribution in [3.8, 4) is 0 Å². The lowest BCUT2D eigenvalue weighted by molar-refractivity contribution is -0.141. The zero-order valence-corrected chi connectivity index (χ0v) is 13.7. The second kappa shape index (κ2) is 7.04. The molecule has 1 aliphatic rings. The Bertz CT molecular complexity index is 540. The van der Waals surface area contributed by atoms with E-state index in [4.69, 9.17) is 23.8 Å². The first-order valence-electron chi connectivity index (χ1n) is 7.19. The number of aromatic nitrogens is 2. The first kappa shape index (κ1) is 17.3. The first-order valence-corrected chi connectivity index (χ1v) is 7.98. The highest BCUT2D eigenvalue weighted by Gasteiger charge is 2.41. The molecule has 1 saturated carbocycles. The van der Waals surface area contributed by atoms with Crippen LogP contribution >= 0.6 is 23.8 Å². The monoisotopic (exact) mass is 354 g/mol. The summed E-state index contributed by atoms with van der Waals surface area (Å²) >= 11 is 10.9. The fourth-order valence-electron chi connectivity index (χ4n) is 2.21. The molecule has 1 fully saturated rings. The van der Waals surface area contributed by atoms with Gasteiger partial charge in [-0.2, -0.15) is 18.3 Å².